The minimum atomic E-state index is 0.152. The van der Waals surface area contributed by atoms with Gasteiger partial charge in [0.2, 0.25) is 0 Å². The monoisotopic (exact) mass is 263 g/mol. The van der Waals surface area contributed by atoms with E-state index in [1.54, 1.807) is 0 Å². The maximum absolute atomic E-state index is 12.3. The van der Waals surface area contributed by atoms with E-state index in [4.69, 9.17) is 0 Å². The zero-order valence-corrected chi connectivity index (χ0v) is 12.5. The molecule has 0 saturated heterocycles. The zero-order valence-electron chi connectivity index (χ0n) is 12.5. The van der Waals surface area contributed by atoms with Crippen LogP contribution >= 0.6 is 0 Å². The quantitative estimate of drug-likeness (QED) is 0.884. The van der Waals surface area contributed by atoms with Gasteiger partial charge < -0.3 is 14.8 Å². The number of nitrogens with zero attached hydrogens (tertiary/aromatic N) is 2. The molecule has 0 aromatic carbocycles. The molecule has 1 aromatic rings. The summed E-state index contributed by atoms with van der Waals surface area (Å²) in [5.74, 6) is 0.604. The topological polar surface area (TPSA) is 37.3 Å². The average Bonchev–Trinajstić information content (AvgIpc) is 2.34. The van der Waals surface area contributed by atoms with Gasteiger partial charge in [-0.25, -0.2) is 0 Å². The third-order valence-electron chi connectivity index (χ3n) is 3.74. The molecule has 4 heteroatoms. The fourth-order valence-corrected chi connectivity index (χ4v) is 2.66. The maximum Gasteiger partial charge on any atom is 0.255 e. The first-order valence-corrected chi connectivity index (χ1v) is 7.09. The molecule has 4 nitrogen and oxygen atoms in total. The molecular weight excluding hydrogens is 238 g/mol. The molecule has 106 valence electrons. The standard InChI is InChI=1S/C15H25N3O/c1-11(2)8-16-9-12-7-13-10-17(3)6-5-14(13)18(4)15(12)19/h7,11,16H,5-6,8-10H2,1-4H3. The summed E-state index contributed by atoms with van der Waals surface area (Å²) in [6, 6.07) is 2.10. The van der Waals surface area contributed by atoms with Crippen molar-refractivity contribution in [3.05, 3.63) is 33.2 Å². The first kappa shape index (κ1) is 14.3. The maximum atomic E-state index is 12.3. The number of aromatic nitrogens is 1. The first-order valence-electron chi connectivity index (χ1n) is 7.09. The van der Waals surface area contributed by atoms with Gasteiger partial charge in [-0.15, -0.1) is 0 Å². The Morgan fingerprint density at radius 3 is 2.79 bits per heavy atom. The van der Waals surface area contributed by atoms with Crippen molar-refractivity contribution >= 4 is 0 Å². The van der Waals surface area contributed by atoms with Gasteiger partial charge in [-0.05, 0) is 31.1 Å². The van der Waals surface area contributed by atoms with E-state index in [1.807, 2.05) is 11.6 Å². The predicted molar refractivity (Wildman–Crippen MR) is 78.3 cm³/mol. The van der Waals surface area contributed by atoms with Gasteiger partial charge in [0.05, 0.1) is 0 Å². The van der Waals surface area contributed by atoms with E-state index in [-0.39, 0.29) is 5.56 Å². The molecule has 1 aromatic heterocycles. The lowest BCUT2D eigenvalue weighted by Crippen LogP contribution is -2.35. The summed E-state index contributed by atoms with van der Waals surface area (Å²) in [5, 5.41) is 3.36. The second-order valence-corrected chi connectivity index (χ2v) is 6.02. The molecule has 2 rings (SSSR count). The van der Waals surface area contributed by atoms with Crippen LogP contribution in [0.2, 0.25) is 0 Å². The van der Waals surface area contributed by atoms with Crippen molar-refractivity contribution in [1.82, 2.24) is 14.8 Å². The highest BCUT2D eigenvalue weighted by atomic mass is 16.1. The van der Waals surface area contributed by atoms with Crippen LogP contribution in [-0.4, -0.2) is 29.6 Å². The lowest BCUT2D eigenvalue weighted by molar-refractivity contribution is 0.305. The molecular formula is C15H25N3O. The van der Waals surface area contributed by atoms with Crippen molar-refractivity contribution in [3.63, 3.8) is 0 Å². The van der Waals surface area contributed by atoms with Crippen LogP contribution in [-0.2, 0) is 26.6 Å². The molecule has 0 bridgehead atoms. The summed E-state index contributed by atoms with van der Waals surface area (Å²) in [7, 11) is 4.03. The van der Waals surface area contributed by atoms with Crippen LogP contribution in [0.5, 0.6) is 0 Å². The average molecular weight is 263 g/mol. The van der Waals surface area contributed by atoms with Crippen molar-refractivity contribution in [2.24, 2.45) is 13.0 Å². The Morgan fingerprint density at radius 1 is 1.37 bits per heavy atom. The van der Waals surface area contributed by atoms with Gasteiger partial charge in [-0.1, -0.05) is 13.8 Å². The Hall–Kier alpha value is -1.13. The van der Waals surface area contributed by atoms with Gasteiger partial charge in [0.25, 0.3) is 5.56 Å². The molecule has 0 fully saturated rings. The van der Waals surface area contributed by atoms with Crippen LogP contribution in [0, 0.1) is 5.92 Å². The Morgan fingerprint density at radius 2 is 2.11 bits per heavy atom. The Kier molecular flexibility index (Phi) is 4.42. The second kappa shape index (κ2) is 5.88. The molecule has 0 spiro atoms. The van der Waals surface area contributed by atoms with Crippen LogP contribution in [0.15, 0.2) is 10.9 Å². The second-order valence-electron chi connectivity index (χ2n) is 6.02. The number of hydrogen-bond acceptors (Lipinski definition) is 3. The van der Waals surface area contributed by atoms with Crippen LogP contribution in [0.3, 0.4) is 0 Å². The normalized spacial score (nSPS) is 15.8. The fourth-order valence-electron chi connectivity index (χ4n) is 2.66. The van der Waals surface area contributed by atoms with Gasteiger partial charge in [-0.2, -0.15) is 0 Å². The number of hydrogen-bond donors (Lipinski definition) is 1. The minimum absolute atomic E-state index is 0.152. The smallest absolute Gasteiger partial charge is 0.255 e. The SMILES string of the molecule is CC(C)CNCc1cc2c(n(C)c1=O)CCN(C)C2. The molecule has 1 aliphatic rings. The fraction of sp³-hybridized carbons (Fsp3) is 0.667. The van der Waals surface area contributed by atoms with Crippen LogP contribution in [0.4, 0.5) is 0 Å². The number of fused-ring (bicyclic) bond motifs is 1. The molecule has 0 saturated carbocycles. The zero-order chi connectivity index (χ0) is 14.0. The van der Waals surface area contributed by atoms with Gasteiger partial charge in [0, 0.05) is 44.4 Å². The number of pyridine rings is 1. The molecule has 1 aliphatic heterocycles. The number of likely N-dealkylation sites (N-methyl/N-ethyl adjacent to an activating group) is 1. The Balaban J connectivity index is 2.23. The predicted octanol–water partition coefficient (Wildman–Crippen LogP) is 1.12. The highest BCUT2D eigenvalue weighted by Crippen LogP contribution is 2.16. The molecule has 0 amide bonds. The summed E-state index contributed by atoms with van der Waals surface area (Å²) < 4.78 is 1.84. The highest BCUT2D eigenvalue weighted by Gasteiger charge is 2.18. The van der Waals surface area contributed by atoms with Crippen LogP contribution in [0.25, 0.3) is 0 Å². The third-order valence-corrected chi connectivity index (χ3v) is 3.74. The summed E-state index contributed by atoms with van der Waals surface area (Å²) in [6.45, 7) is 7.94. The van der Waals surface area contributed by atoms with E-state index in [0.717, 1.165) is 31.6 Å². The van der Waals surface area contributed by atoms with E-state index in [2.05, 4.69) is 37.2 Å². The number of nitrogens with one attached hydrogen (secondary N) is 1. The summed E-state index contributed by atoms with van der Waals surface area (Å²) in [4.78, 5) is 14.6. The summed E-state index contributed by atoms with van der Waals surface area (Å²) in [6.07, 6.45) is 0.970. The van der Waals surface area contributed by atoms with Crippen molar-refractivity contribution in [2.75, 3.05) is 20.1 Å². The van der Waals surface area contributed by atoms with E-state index in [9.17, 15) is 4.79 Å². The van der Waals surface area contributed by atoms with E-state index >= 15 is 0 Å². The molecule has 0 atom stereocenters. The molecule has 1 N–H and O–H groups in total. The van der Waals surface area contributed by atoms with Crippen molar-refractivity contribution < 1.29 is 0 Å². The summed E-state index contributed by atoms with van der Waals surface area (Å²) >= 11 is 0. The number of rotatable bonds is 4. The summed E-state index contributed by atoms with van der Waals surface area (Å²) in [5.41, 5.74) is 3.55. The lowest BCUT2D eigenvalue weighted by atomic mass is 10.0. The molecule has 0 aliphatic carbocycles. The Bertz CT molecular complexity index is 505. The molecule has 19 heavy (non-hydrogen) atoms. The first-order chi connectivity index (χ1) is 8.99. The van der Waals surface area contributed by atoms with Gasteiger partial charge >= 0.3 is 0 Å². The van der Waals surface area contributed by atoms with Gasteiger partial charge in [0.15, 0.2) is 0 Å². The largest absolute Gasteiger partial charge is 0.315 e. The minimum Gasteiger partial charge on any atom is -0.315 e. The van der Waals surface area contributed by atoms with Crippen LogP contribution < -0.4 is 10.9 Å². The molecule has 2 heterocycles. The van der Waals surface area contributed by atoms with E-state index in [0.29, 0.717) is 12.5 Å². The molecule has 0 radical (unpaired) electrons. The van der Waals surface area contributed by atoms with Gasteiger partial charge in [0.1, 0.15) is 0 Å². The van der Waals surface area contributed by atoms with Crippen molar-refractivity contribution in [2.45, 2.75) is 33.4 Å². The lowest BCUT2D eigenvalue weighted by Gasteiger charge is -2.27. The van der Waals surface area contributed by atoms with Gasteiger partial charge in [-0.3, -0.25) is 4.79 Å². The third kappa shape index (κ3) is 3.25. The van der Waals surface area contributed by atoms with Crippen LogP contribution in [0.1, 0.15) is 30.7 Å². The molecule has 0 unspecified atom stereocenters. The van der Waals surface area contributed by atoms with E-state index < -0.39 is 0 Å². The Labute approximate surface area is 115 Å². The van der Waals surface area contributed by atoms with E-state index in [1.165, 1.54) is 11.3 Å². The van der Waals surface area contributed by atoms with Crippen molar-refractivity contribution in [3.8, 4) is 0 Å². The highest BCUT2D eigenvalue weighted by molar-refractivity contribution is 5.28. The van der Waals surface area contributed by atoms with Crippen molar-refractivity contribution in [1.29, 1.82) is 0 Å².